The van der Waals surface area contributed by atoms with Crippen molar-refractivity contribution >= 4 is 29.5 Å². The third-order valence-corrected chi connectivity index (χ3v) is 4.97. The van der Waals surface area contributed by atoms with Crippen molar-refractivity contribution in [2.75, 3.05) is 31.5 Å². The third-order valence-electron chi connectivity index (χ3n) is 4.97. The second-order valence-electron chi connectivity index (χ2n) is 8.97. The van der Waals surface area contributed by atoms with Gasteiger partial charge < -0.3 is 25.6 Å². The molecule has 1 aromatic rings. The van der Waals surface area contributed by atoms with Crippen LogP contribution < -0.4 is 16.0 Å². The first-order valence-electron chi connectivity index (χ1n) is 10.9. The zero-order valence-corrected chi connectivity index (χ0v) is 19.3. The first kappa shape index (κ1) is 25.2. The van der Waals surface area contributed by atoms with E-state index in [1.807, 2.05) is 0 Å². The summed E-state index contributed by atoms with van der Waals surface area (Å²) in [5.74, 6) is -0.0897. The quantitative estimate of drug-likeness (QED) is 0.595. The number of likely N-dealkylation sites (tertiary alicyclic amines) is 1. The van der Waals surface area contributed by atoms with Crippen molar-refractivity contribution in [3.05, 3.63) is 29.8 Å². The van der Waals surface area contributed by atoms with Crippen LogP contribution in [0.1, 0.15) is 57.3 Å². The van der Waals surface area contributed by atoms with E-state index in [0.29, 0.717) is 36.8 Å². The van der Waals surface area contributed by atoms with Gasteiger partial charge in [0.1, 0.15) is 5.60 Å². The Hall–Kier alpha value is -3.10. The van der Waals surface area contributed by atoms with Crippen LogP contribution in [0, 0.1) is 5.92 Å². The molecule has 2 rings (SSSR count). The molecule has 0 atom stereocenters. The number of carbonyl (C=O) groups is 4. The fourth-order valence-corrected chi connectivity index (χ4v) is 3.41. The molecule has 1 fully saturated rings. The minimum absolute atomic E-state index is 0.00155. The van der Waals surface area contributed by atoms with Gasteiger partial charge in [0, 0.05) is 50.8 Å². The fraction of sp³-hybridized carbons (Fsp3) is 0.565. The van der Waals surface area contributed by atoms with Gasteiger partial charge in [-0.15, -0.1) is 0 Å². The lowest BCUT2D eigenvalue weighted by molar-refractivity contribution is -0.132. The Morgan fingerprint density at radius 1 is 1.09 bits per heavy atom. The summed E-state index contributed by atoms with van der Waals surface area (Å²) in [6.45, 7) is 8.80. The average Bonchev–Trinajstić information content (AvgIpc) is 2.70. The van der Waals surface area contributed by atoms with E-state index < -0.39 is 11.7 Å². The van der Waals surface area contributed by atoms with Crippen LogP contribution in [0.5, 0.6) is 0 Å². The Morgan fingerprint density at radius 2 is 1.78 bits per heavy atom. The maximum atomic E-state index is 12.4. The molecule has 1 aliphatic heterocycles. The highest BCUT2D eigenvalue weighted by atomic mass is 16.6. The Bertz CT molecular complexity index is 826. The second-order valence-corrected chi connectivity index (χ2v) is 8.97. The highest BCUT2D eigenvalue weighted by molar-refractivity contribution is 5.96. The van der Waals surface area contributed by atoms with Crippen LogP contribution in [-0.2, 0) is 14.3 Å². The van der Waals surface area contributed by atoms with E-state index in [2.05, 4.69) is 16.0 Å². The van der Waals surface area contributed by atoms with Gasteiger partial charge in [0.25, 0.3) is 5.91 Å². The number of hydrogen-bond donors (Lipinski definition) is 3. The summed E-state index contributed by atoms with van der Waals surface area (Å²) in [4.78, 5) is 49.4. The smallest absolute Gasteiger partial charge is 0.407 e. The molecule has 0 saturated carbocycles. The van der Waals surface area contributed by atoms with E-state index in [1.165, 1.54) is 6.92 Å². The molecule has 4 amide bonds. The van der Waals surface area contributed by atoms with E-state index in [1.54, 1.807) is 49.9 Å². The van der Waals surface area contributed by atoms with Crippen molar-refractivity contribution in [1.29, 1.82) is 0 Å². The van der Waals surface area contributed by atoms with Crippen LogP contribution in [0.3, 0.4) is 0 Å². The molecule has 0 unspecified atom stereocenters. The molecule has 0 bridgehead atoms. The zero-order chi connectivity index (χ0) is 23.7. The lowest BCUT2D eigenvalue weighted by Gasteiger charge is -2.32. The Kier molecular flexibility index (Phi) is 9.04. The van der Waals surface area contributed by atoms with Gasteiger partial charge in [-0.2, -0.15) is 0 Å². The number of benzene rings is 1. The summed E-state index contributed by atoms with van der Waals surface area (Å²) in [7, 11) is 0. The van der Waals surface area contributed by atoms with Crippen molar-refractivity contribution in [3.63, 3.8) is 0 Å². The van der Waals surface area contributed by atoms with Gasteiger partial charge in [-0.1, -0.05) is 6.07 Å². The highest BCUT2D eigenvalue weighted by Gasteiger charge is 2.23. The van der Waals surface area contributed by atoms with Gasteiger partial charge in [-0.05, 0) is 57.7 Å². The van der Waals surface area contributed by atoms with E-state index in [9.17, 15) is 19.2 Å². The maximum Gasteiger partial charge on any atom is 0.407 e. The first-order chi connectivity index (χ1) is 15.0. The number of anilines is 1. The molecule has 1 aromatic carbocycles. The number of ether oxygens (including phenoxy) is 1. The zero-order valence-electron chi connectivity index (χ0n) is 19.3. The Labute approximate surface area is 189 Å². The number of nitrogens with one attached hydrogen (secondary N) is 3. The predicted octanol–water partition coefficient (Wildman–Crippen LogP) is 2.53. The molecular weight excluding hydrogens is 412 g/mol. The number of nitrogens with zero attached hydrogens (tertiary/aromatic N) is 1. The summed E-state index contributed by atoms with van der Waals surface area (Å²) in [5, 5.41) is 8.21. The van der Waals surface area contributed by atoms with Gasteiger partial charge in [-0.3, -0.25) is 14.4 Å². The highest BCUT2D eigenvalue weighted by Crippen LogP contribution is 2.18. The van der Waals surface area contributed by atoms with Crippen LogP contribution in [0.25, 0.3) is 0 Å². The van der Waals surface area contributed by atoms with Crippen LogP contribution in [0.15, 0.2) is 24.3 Å². The minimum Gasteiger partial charge on any atom is -0.444 e. The van der Waals surface area contributed by atoms with Gasteiger partial charge >= 0.3 is 6.09 Å². The summed E-state index contributed by atoms with van der Waals surface area (Å²) in [6.07, 6.45) is 1.31. The van der Waals surface area contributed by atoms with Crippen LogP contribution in [-0.4, -0.2) is 60.5 Å². The van der Waals surface area contributed by atoms with E-state index in [4.69, 9.17) is 4.74 Å². The van der Waals surface area contributed by atoms with Gasteiger partial charge in [-0.25, -0.2) is 4.79 Å². The van der Waals surface area contributed by atoms with E-state index in [0.717, 1.165) is 12.8 Å². The summed E-state index contributed by atoms with van der Waals surface area (Å²) in [6, 6.07) is 6.80. The Balaban J connectivity index is 1.68. The molecule has 9 heteroatoms. The molecule has 3 N–H and O–H groups in total. The summed E-state index contributed by atoms with van der Waals surface area (Å²) >= 11 is 0. The topological polar surface area (TPSA) is 117 Å². The number of piperidine rings is 1. The van der Waals surface area contributed by atoms with Crippen molar-refractivity contribution in [1.82, 2.24) is 15.5 Å². The maximum absolute atomic E-state index is 12.4. The van der Waals surface area contributed by atoms with Crippen molar-refractivity contribution in [2.24, 2.45) is 5.92 Å². The average molecular weight is 447 g/mol. The standard InChI is InChI=1S/C23H34N4O5/c1-16(28)26-19-7-5-6-18(14-19)21(30)25-15-17-9-12-27(13-10-17)20(29)8-11-24-22(31)32-23(2,3)4/h5-7,14,17H,8-13,15H2,1-4H3,(H,24,31)(H,25,30)(H,26,28). The number of carbonyl (C=O) groups excluding carboxylic acids is 4. The minimum atomic E-state index is -0.570. The summed E-state index contributed by atoms with van der Waals surface area (Å²) in [5.41, 5.74) is 0.499. The summed E-state index contributed by atoms with van der Waals surface area (Å²) < 4.78 is 5.15. The van der Waals surface area contributed by atoms with Crippen molar-refractivity contribution in [3.8, 4) is 0 Å². The van der Waals surface area contributed by atoms with E-state index in [-0.39, 0.29) is 30.7 Å². The third kappa shape index (κ3) is 8.95. The molecule has 176 valence electrons. The lowest BCUT2D eigenvalue weighted by atomic mass is 9.96. The molecule has 0 aliphatic carbocycles. The van der Waals surface area contributed by atoms with Crippen LogP contribution >= 0.6 is 0 Å². The van der Waals surface area contributed by atoms with Crippen molar-refractivity contribution in [2.45, 2.75) is 52.6 Å². The molecule has 9 nitrogen and oxygen atoms in total. The van der Waals surface area contributed by atoms with Crippen molar-refractivity contribution < 1.29 is 23.9 Å². The van der Waals surface area contributed by atoms with Gasteiger partial charge in [0.2, 0.25) is 11.8 Å². The Morgan fingerprint density at radius 3 is 2.41 bits per heavy atom. The van der Waals surface area contributed by atoms with Crippen LogP contribution in [0.4, 0.5) is 10.5 Å². The number of amides is 4. The van der Waals surface area contributed by atoms with E-state index >= 15 is 0 Å². The fourth-order valence-electron chi connectivity index (χ4n) is 3.41. The molecule has 0 radical (unpaired) electrons. The predicted molar refractivity (Wildman–Crippen MR) is 121 cm³/mol. The lowest BCUT2D eigenvalue weighted by Crippen LogP contribution is -2.42. The largest absolute Gasteiger partial charge is 0.444 e. The van der Waals surface area contributed by atoms with Gasteiger partial charge in [0.05, 0.1) is 0 Å². The number of hydrogen-bond acceptors (Lipinski definition) is 5. The second kappa shape index (κ2) is 11.5. The molecule has 1 heterocycles. The molecule has 32 heavy (non-hydrogen) atoms. The molecule has 1 aliphatic rings. The first-order valence-corrected chi connectivity index (χ1v) is 10.9. The number of rotatable bonds is 7. The normalized spacial score (nSPS) is 14.4. The monoisotopic (exact) mass is 446 g/mol. The molecular formula is C23H34N4O5. The van der Waals surface area contributed by atoms with Gasteiger partial charge in [0.15, 0.2) is 0 Å². The molecule has 1 saturated heterocycles. The van der Waals surface area contributed by atoms with Crippen LogP contribution in [0.2, 0.25) is 0 Å². The molecule has 0 aromatic heterocycles. The molecule has 0 spiro atoms. The number of alkyl carbamates (subject to hydrolysis) is 1. The SMILES string of the molecule is CC(=O)Nc1cccc(C(=O)NCC2CCN(C(=O)CCNC(=O)OC(C)(C)C)CC2)c1.